The lowest BCUT2D eigenvalue weighted by Crippen LogP contribution is -2.21. The third-order valence-electron chi connectivity index (χ3n) is 3.79. The summed E-state index contributed by atoms with van der Waals surface area (Å²) in [6.07, 6.45) is 0. The topological polar surface area (TPSA) is 0 Å². The van der Waals surface area contributed by atoms with Gasteiger partial charge >= 0.3 is 0 Å². The first-order valence-electron chi connectivity index (χ1n) is 9.68. The van der Waals surface area contributed by atoms with Crippen LogP contribution in [0.2, 0.25) is 89.6 Å². The van der Waals surface area contributed by atoms with Crippen LogP contribution in [0.3, 0.4) is 0 Å². The molecule has 22 heavy (non-hydrogen) atoms. The second-order valence-electron chi connectivity index (χ2n) is 9.32. The van der Waals surface area contributed by atoms with Crippen molar-refractivity contribution in [2.45, 2.75) is 117 Å². The summed E-state index contributed by atoms with van der Waals surface area (Å²) in [4.78, 5) is 0. The van der Waals surface area contributed by atoms with Gasteiger partial charge in [0.05, 0.1) is 0 Å². The van der Waals surface area contributed by atoms with E-state index in [1.54, 1.807) is 0 Å². The van der Waals surface area contributed by atoms with E-state index >= 15 is 0 Å². The van der Waals surface area contributed by atoms with Gasteiger partial charge < -0.3 is 0 Å². The van der Waals surface area contributed by atoms with E-state index in [9.17, 15) is 0 Å². The van der Waals surface area contributed by atoms with Crippen LogP contribution in [0.15, 0.2) is 0 Å². The van der Waals surface area contributed by atoms with Crippen molar-refractivity contribution in [1.29, 1.82) is 0 Å². The molecule has 0 spiro atoms. The van der Waals surface area contributed by atoms with Gasteiger partial charge in [0.2, 0.25) is 0 Å². The predicted octanol–water partition coefficient (Wildman–Crippen LogP) is 7.68. The first-order chi connectivity index (χ1) is 9.68. The molecule has 0 aromatic carbocycles. The van der Waals surface area contributed by atoms with E-state index in [0.29, 0.717) is 0 Å². The Balaban J connectivity index is -0.000000100. The summed E-state index contributed by atoms with van der Waals surface area (Å²) in [6.45, 7) is 32.8. The highest BCUT2D eigenvalue weighted by molar-refractivity contribution is 6.77. The molecule has 0 aliphatic rings. The summed E-state index contributed by atoms with van der Waals surface area (Å²) in [5.41, 5.74) is 0. The lowest BCUT2D eigenvalue weighted by Gasteiger charge is -2.15. The maximum atomic E-state index is 2.44. The van der Waals surface area contributed by atoms with Crippen LogP contribution in [0.5, 0.6) is 0 Å². The molecule has 0 N–H and O–H groups in total. The molecule has 0 nitrogen and oxygen atoms in total. The fraction of sp³-hybridized carbons (Fsp3) is 1.00. The maximum Gasteiger partial charge on any atom is 0.0468 e. The molecule has 4 heteroatoms. The molecule has 0 radical (unpaired) electrons. The monoisotopic (exact) mass is 380 g/mol. The molecule has 0 aliphatic heterocycles. The molecule has 0 aromatic heterocycles. The third-order valence-corrected chi connectivity index (χ3v) is 11.4. The second-order valence-corrected chi connectivity index (χ2v) is 28.0. The van der Waals surface area contributed by atoms with Crippen LogP contribution in [0.4, 0.5) is 0 Å². The Labute approximate surface area is 151 Å². The van der Waals surface area contributed by atoms with Crippen molar-refractivity contribution < 1.29 is 0 Å². The Morgan fingerprint density at radius 1 is 0.591 bits per heavy atom. The minimum atomic E-state index is -0.651. The van der Waals surface area contributed by atoms with E-state index in [2.05, 4.69) is 93.2 Å². The maximum absolute atomic E-state index is 2.44. The molecule has 0 aliphatic carbocycles. The van der Waals surface area contributed by atoms with E-state index in [4.69, 9.17) is 0 Å². The Morgan fingerprint density at radius 3 is 0.773 bits per heavy atom. The summed E-state index contributed by atoms with van der Waals surface area (Å²) in [5, 5.41) is 0. The normalized spacial score (nSPS) is 10.9. The van der Waals surface area contributed by atoms with Gasteiger partial charge in [0.15, 0.2) is 0 Å². The smallest absolute Gasteiger partial charge is 0.0468 e. The van der Waals surface area contributed by atoms with E-state index in [1.807, 2.05) is 0 Å². The van der Waals surface area contributed by atoms with Gasteiger partial charge in [-0.15, -0.1) is 0 Å². The highest BCUT2D eigenvalue weighted by atomic mass is 28.3. The van der Waals surface area contributed by atoms with Crippen LogP contribution >= 0.6 is 0 Å². The summed E-state index contributed by atoms with van der Waals surface area (Å²) in [5.74, 6) is 0. The first-order valence-corrected chi connectivity index (χ1v) is 23.4. The van der Waals surface area contributed by atoms with Crippen molar-refractivity contribution in [2.24, 2.45) is 0 Å². The third kappa shape index (κ3) is 58.5. The zero-order valence-electron chi connectivity index (χ0n) is 19.0. The summed E-state index contributed by atoms with van der Waals surface area (Å²) >= 11 is 0. The fourth-order valence-corrected chi connectivity index (χ4v) is 0.750. The minimum Gasteiger partial charge on any atom is -0.0724 e. The predicted molar refractivity (Wildman–Crippen MR) is 126 cm³/mol. The lowest BCUT2D eigenvalue weighted by atomic mass is 10.9. The minimum absolute atomic E-state index is 0.139. The van der Waals surface area contributed by atoms with Gasteiger partial charge in [-0.1, -0.05) is 117 Å². The standard InChI is InChI=1S/C6H16Si.C5H14Si.C4H12Si.C3H10Si/c1-5-7(3,4)6-2;1-5-6(2,3)4;1-4-5(2)3;1-4(2)3/h5-6H2,1-4H3;5H2,1-4H3;5H,4H2,1-3H3;4H,1-3H3. The zero-order chi connectivity index (χ0) is 19.0. The van der Waals surface area contributed by atoms with Crippen LogP contribution in [-0.4, -0.2) is 33.7 Å². The van der Waals surface area contributed by atoms with E-state index in [0.717, 1.165) is 0 Å². The molecule has 0 atom stereocenters. The average Bonchev–Trinajstić information content (AvgIpc) is 2.38. The number of hydrogen-bond donors (Lipinski definition) is 0. The largest absolute Gasteiger partial charge is 0.0724 e. The second kappa shape index (κ2) is 18.2. The molecule has 0 unspecified atom stereocenters. The van der Waals surface area contributed by atoms with Gasteiger partial charge in [-0.05, 0) is 0 Å². The van der Waals surface area contributed by atoms with Crippen molar-refractivity contribution in [2.75, 3.05) is 0 Å². The zero-order valence-corrected chi connectivity index (χ0v) is 23.3. The average molecular weight is 381 g/mol. The molecule has 0 heterocycles. The summed E-state index contributed by atoms with van der Waals surface area (Å²) in [7, 11) is -1.57. The Bertz CT molecular complexity index is 185. The van der Waals surface area contributed by atoms with Crippen LogP contribution < -0.4 is 0 Å². The Hall–Kier alpha value is 0.868. The SMILES string of the molecule is CC[SiH](C)C.CC[Si](C)(C)C.CC[Si](C)(C)CC.C[SiH](C)C. The van der Waals surface area contributed by atoms with Crippen molar-refractivity contribution in [1.82, 2.24) is 0 Å². The fourth-order valence-electron chi connectivity index (χ4n) is 0.250. The van der Waals surface area contributed by atoms with E-state index < -0.39 is 16.1 Å². The molecule has 0 aromatic rings. The highest BCUT2D eigenvalue weighted by Gasteiger charge is 2.12. The van der Waals surface area contributed by atoms with Crippen molar-refractivity contribution in [3.8, 4) is 0 Å². The molecule has 0 rings (SSSR count). The highest BCUT2D eigenvalue weighted by Crippen LogP contribution is 2.12. The molecule has 0 bridgehead atoms. The van der Waals surface area contributed by atoms with Crippen LogP contribution in [0, 0.1) is 0 Å². The van der Waals surface area contributed by atoms with Gasteiger partial charge in [0, 0.05) is 33.7 Å². The molecule has 0 fully saturated rings. The quantitative estimate of drug-likeness (QED) is 0.439. The van der Waals surface area contributed by atoms with Gasteiger partial charge in [0.25, 0.3) is 0 Å². The molecule has 0 saturated carbocycles. The van der Waals surface area contributed by atoms with Crippen LogP contribution in [0.1, 0.15) is 27.7 Å². The molecule has 0 amide bonds. The number of hydrogen-bond acceptors (Lipinski definition) is 0. The molecular formula is C18H52Si4. The van der Waals surface area contributed by atoms with Crippen LogP contribution in [-0.2, 0) is 0 Å². The first kappa shape index (κ1) is 30.7. The van der Waals surface area contributed by atoms with E-state index in [-0.39, 0.29) is 17.6 Å². The van der Waals surface area contributed by atoms with Crippen molar-refractivity contribution in [3.05, 3.63) is 0 Å². The van der Waals surface area contributed by atoms with Gasteiger partial charge in [-0.3, -0.25) is 0 Å². The summed E-state index contributed by atoms with van der Waals surface area (Å²) < 4.78 is 0. The van der Waals surface area contributed by atoms with Gasteiger partial charge in [-0.25, -0.2) is 0 Å². The van der Waals surface area contributed by atoms with Crippen molar-refractivity contribution in [3.63, 3.8) is 0 Å². The van der Waals surface area contributed by atoms with Crippen LogP contribution in [0.25, 0.3) is 0 Å². The van der Waals surface area contributed by atoms with Gasteiger partial charge in [0.1, 0.15) is 0 Å². The summed E-state index contributed by atoms with van der Waals surface area (Å²) in [6, 6.07) is 5.72. The Morgan fingerprint density at radius 2 is 0.773 bits per heavy atom. The molecular weight excluding hydrogens is 329 g/mol. The number of rotatable bonds is 4. The van der Waals surface area contributed by atoms with Crippen molar-refractivity contribution >= 4 is 33.7 Å². The molecule has 140 valence electrons. The van der Waals surface area contributed by atoms with Gasteiger partial charge in [-0.2, -0.15) is 0 Å². The van der Waals surface area contributed by atoms with E-state index in [1.165, 1.54) is 24.2 Å². The lowest BCUT2D eigenvalue weighted by molar-refractivity contribution is 1.25. The Kier molecular flexibility index (Phi) is 25.4. The molecule has 0 saturated heterocycles.